The van der Waals surface area contributed by atoms with E-state index in [0.717, 1.165) is 56.2 Å². The third-order valence-electron chi connectivity index (χ3n) is 10.2. The zero-order chi connectivity index (χ0) is 41.3. The monoisotopic (exact) mass is 805 g/mol. The molecule has 2 aliphatic heterocycles. The number of aromatic amines is 1. The summed E-state index contributed by atoms with van der Waals surface area (Å²) < 4.78 is 37.2. The molecular formula is C39H55N11O6S. The number of carbonyl (C=O) groups is 2. The van der Waals surface area contributed by atoms with E-state index < -0.39 is 20.2 Å². The lowest BCUT2D eigenvalue weighted by atomic mass is 10.2. The Morgan fingerprint density at radius 3 is 2.32 bits per heavy atom. The maximum atomic E-state index is 13.3. The molecule has 0 spiro atoms. The van der Waals surface area contributed by atoms with Gasteiger partial charge in [-0.05, 0) is 86.9 Å². The summed E-state index contributed by atoms with van der Waals surface area (Å²) in [5, 5.41) is 11.1. The number of hydrogen-bond acceptors (Lipinski definition) is 14. The minimum atomic E-state index is -3.61. The lowest BCUT2D eigenvalue weighted by Gasteiger charge is -2.40. The molecule has 2 aliphatic rings. The van der Waals surface area contributed by atoms with Gasteiger partial charge in [-0.1, -0.05) is 0 Å². The van der Waals surface area contributed by atoms with E-state index in [0.29, 0.717) is 48.8 Å². The smallest absolute Gasteiger partial charge is 0.410 e. The van der Waals surface area contributed by atoms with Crippen LogP contribution < -0.4 is 15.0 Å². The Bertz CT molecular complexity index is 2190. The van der Waals surface area contributed by atoms with E-state index in [9.17, 15) is 18.0 Å². The second-order valence-corrected chi connectivity index (χ2v) is 19.4. The Balaban J connectivity index is 1.00. The Morgan fingerprint density at radius 2 is 1.70 bits per heavy atom. The molecule has 0 radical (unpaired) electrons. The maximum Gasteiger partial charge on any atom is 0.410 e. The van der Waals surface area contributed by atoms with Crippen molar-refractivity contribution in [3.63, 3.8) is 0 Å². The van der Waals surface area contributed by atoms with E-state index in [1.807, 2.05) is 41.5 Å². The summed E-state index contributed by atoms with van der Waals surface area (Å²) in [6, 6.07) is 4.88. The molecule has 1 atom stereocenters. The zero-order valence-corrected chi connectivity index (χ0v) is 35.2. The fraction of sp³-hybridized carbons (Fsp3) is 0.564. The number of nitrogens with one attached hydrogen (secondary N) is 2. The maximum absolute atomic E-state index is 13.3. The van der Waals surface area contributed by atoms with Gasteiger partial charge < -0.3 is 29.5 Å². The van der Waals surface area contributed by atoms with Crippen LogP contribution in [0.1, 0.15) is 76.6 Å². The summed E-state index contributed by atoms with van der Waals surface area (Å²) in [5.41, 5.74) is 1.99. The van der Waals surface area contributed by atoms with Crippen LogP contribution in [-0.4, -0.2) is 141 Å². The topological polar surface area (TPSA) is 192 Å². The van der Waals surface area contributed by atoms with Gasteiger partial charge in [-0.3, -0.25) is 14.8 Å². The fourth-order valence-electron chi connectivity index (χ4n) is 6.64. The minimum absolute atomic E-state index is 0.186. The molecule has 1 aromatic carbocycles. The first kappa shape index (κ1) is 41.5. The number of rotatable bonds is 10. The standard InChI is InChI=1S/C39H55N11O6S/c1-25-24-49(18-19-50(25)37(52)56-38(4,5)6)35(51)31-22-41-32(23-40-31)48-16-14-47(15-17-48)13-10-20-55-36-42-30-12-11-28(57(53,54)39(7,8)9)21-29(30)34(44-36)43-33-26(2)27(3)45-46-33/h11-12,21-23,25H,10,13-20,24H2,1-9H3,(H2,42,43,44,45,46)/t25-/m1/s1. The number of aryl methyl sites for hydroxylation is 1. The van der Waals surface area contributed by atoms with Crippen LogP contribution in [0.15, 0.2) is 35.5 Å². The molecule has 2 saturated heterocycles. The molecular weight excluding hydrogens is 751 g/mol. The minimum Gasteiger partial charge on any atom is -0.463 e. The number of benzene rings is 1. The van der Waals surface area contributed by atoms with Crippen molar-refractivity contribution in [3.05, 3.63) is 47.5 Å². The number of sulfone groups is 1. The van der Waals surface area contributed by atoms with Crippen LogP contribution in [0.5, 0.6) is 6.01 Å². The molecule has 18 heteroatoms. The first-order valence-corrected chi connectivity index (χ1v) is 20.8. The lowest BCUT2D eigenvalue weighted by molar-refractivity contribution is 0.00189. The number of hydrogen-bond donors (Lipinski definition) is 2. The molecule has 6 rings (SSSR count). The SMILES string of the molecule is Cc1n[nH]c(Nc2nc(OCCCN3CCN(c4cnc(C(=O)N5CCN(C(=O)OC(C)(C)C)[C@H](C)C5)cn4)CC3)nc3ccc(S(=O)(=O)C(C)(C)C)cc23)c1C. The molecule has 0 saturated carbocycles. The average molecular weight is 806 g/mol. The van der Waals surface area contributed by atoms with Crippen molar-refractivity contribution in [2.45, 2.75) is 90.0 Å². The van der Waals surface area contributed by atoms with Gasteiger partial charge in [0.1, 0.15) is 28.7 Å². The summed E-state index contributed by atoms with van der Waals surface area (Å²) in [7, 11) is -3.61. The third kappa shape index (κ3) is 9.55. The largest absolute Gasteiger partial charge is 0.463 e. The number of H-pyrrole nitrogens is 1. The zero-order valence-electron chi connectivity index (χ0n) is 34.4. The van der Waals surface area contributed by atoms with Crippen LogP contribution >= 0.6 is 0 Å². The number of aromatic nitrogens is 6. The third-order valence-corrected chi connectivity index (χ3v) is 12.7. The molecule has 17 nitrogen and oxygen atoms in total. The normalized spacial score (nSPS) is 17.2. The highest BCUT2D eigenvalue weighted by Crippen LogP contribution is 2.32. The van der Waals surface area contributed by atoms with Gasteiger partial charge >= 0.3 is 12.1 Å². The quantitative estimate of drug-likeness (QED) is 0.209. The molecule has 4 aromatic rings. The van der Waals surface area contributed by atoms with Gasteiger partial charge in [0.2, 0.25) is 0 Å². The Labute approximate surface area is 334 Å². The van der Waals surface area contributed by atoms with E-state index in [4.69, 9.17) is 9.47 Å². The Kier molecular flexibility index (Phi) is 12.0. The van der Waals surface area contributed by atoms with Gasteiger partial charge in [-0.25, -0.2) is 23.2 Å². The van der Waals surface area contributed by atoms with Crippen molar-refractivity contribution in [1.29, 1.82) is 0 Å². The predicted octanol–water partition coefficient (Wildman–Crippen LogP) is 4.75. The number of nitrogens with zero attached hydrogens (tertiary/aromatic N) is 9. The van der Waals surface area contributed by atoms with Crippen molar-refractivity contribution in [1.82, 2.24) is 44.8 Å². The Hall–Kier alpha value is -5.10. The van der Waals surface area contributed by atoms with Crippen LogP contribution in [0.25, 0.3) is 10.9 Å². The van der Waals surface area contributed by atoms with Gasteiger partial charge in [0.15, 0.2) is 9.84 Å². The number of amides is 2. The molecule has 2 amide bonds. The summed E-state index contributed by atoms with van der Waals surface area (Å²) in [4.78, 5) is 52.3. The molecule has 0 aliphatic carbocycles. The van der Waals surface area contributed by atoms with E-state index in [1.165, 1.54) is 6.20 Å². The highest BCUT2D eigenvalue weighted by Gasteiger charge is 2.34. The molecule has 3 aromatic heterocycles. The van der Waals surface area contributed by atoms with Gasteiger partial charge in [0.05, 0.1) is 39.9 Å². The van der Waals surface area contributed by atoms with Crippen molar-refractivity contribution >= 4 is 50.2 Å². The summed E-state index contributed by atoms with van der Waals surface area (Å²) in [5.74, 6) is 1.58. The fourth-order valence-corrected chi connectivity index (χ4v) is 7.87. The van der Waals surface area contributed by atoms with E-state index in [-0.39, 0.29) is 34.6 Å². The molecule has 2 N–H and O–H groups in total. The highest BCUT2D eigenvalue weighted by molar-refractivity contribution is 7.92. The van der Waals surface area contributed by atoms with Crippen molar-refractivity contribution in [3.8, 4) is 6.01 Å². The van der Waals surface area contributed by atoms with Crippen LogP contribution in [-0.2, 0) is 14.6 Å². The number of piperazine rings is 2. The number of fused-ring (bicyclic) bond motifs is 1. The first-order chi connectivity index (χ1) is 26.8. The second kappa shape index (κ2) is 16.4. The number of anilines is 3. The second-order valence-electron chi connectivity index (χ2n) is 16.6. The summed E-state index contributed by atoms with van der Waals surface area (Å²) in [6.45, 7) is 21.8. The van der Waals surface area contributed by atoms with Gasteiger partial charge in [0.25, 0.3) is 5.91 Å². The number of ether oxygens (including phenoxy) is 2. The van der Waals surface area contributed by atoms with E-state index >= 15 is 0 Å². The first-order valence-electron chi connectivity index (χ1n) is 19.4. The van der Waals surface area contributed by atoms with Gasteiger partial charge in [-0.2, -0.15) is 15.1 Å². The molecule has 308 valence electrons. The molecule has 57 heavy (non-hydrogen) atoms. The predicted molar refractivity (Wildman–Crippen MR) is 217 cm³/mol. The summed E-state index contributed by atoms with van der Waals surface area (Å²) >= 11 is 0. The lowest BCUT2D eigenvalue weighted by Crippen LogP contribution is -2.56. The van der Waals surface area contributed by atoms with Crippen LogP contribution in [0, 0.1) is 13.8 Å². The van der Waals surface area contributed by atoms with E-state index in [1.54, 1.807) is 55.0 Å². The van der Waals surface area contributed by atoms with Crippen LogP contribution in [0.2, 0.25) is 0 Å². The van der Waals surface area contributed by atoms with Gasteiger partial charge in [-0.15, -0.1) is 0 Å². The van der Waals surface area contributed by atoms with Crippen molar-refractivity contribution in [2.75, 3.05) is 69.2 Å². The van der Waals surface area contributed by atoms with Crippen molar-refractivity contribution < 1.29 is 27.5 Å². The van der Waals surface area contributed by atoms with Gasteiger partial charge in [0, 0.05) is 69.3 Å². The molecule has 0 bridgehead atoms. The molecule has 2 fully saturated rings. The van der Waals surface area contributed by atoms with Crippen LogP contribution in [0.3, 0.4) is 0 Å². The Morgan fingerprint density at radius 1 is 0.965 bits per heavy atom. The highest BCUT2D eigenvalue weighted by atomic mass is 32.2. The van der Waals surface area contributed by atoms with Crippen LogP contribution in [0.4, 0.5) is 22.2 Å². The molecule has 5 heterocycles. The van der Waals surface area contributed by atoms with E-state index in [2.05, 4.69) is 45.2 Å². The number of carbonyl (C=O) groups excluding carboxylic acids is 2. The van der Waals surface area contributed by atoms with Crippen molar-refractivity contribution in [2.24, 2.45) is 0 Å². The average Bonchev–Trinajstić information content (AvgIpc) is 3.47. The molecule has 0 unspecified atom stereocenters. The summed E-state index contributed by atoms with van der Waals surface area (Å²) in [6.07, 6.45) is 3.56.